The number of rotatable bonds is 0. The van der Waals surface area contributed by atoms with Crippen molar-refractivity contribution in [3.05, 3.63) is 0 Å². The van der Waals surface area contributed by atoms with Gasteiger partial charge in [0.25, 0.3) is 0 Å². The summed E-state index contributed by atoms with van der Waals surface area (Å²) in [5.74, 6) is 1.93. The third kappa shape index (κ3) is 0.968. The van der Waals surface area contributed by atoms with Gasteiger partial charge in [0, 0.05) is 6.04 Å². The molecule has 10 heavy (non-hydrogen) atoms. The van der Waals surface area contributed by atoms with Crippen molar-refractivity contribution in [2.75, 3.05) is 0 Å². The van der Waals surface area contributed by atoms with E-state index in [1.54, 1.807) is 0 Å². The molecule has 2 aliphatic carbocycles. The first-order valence-corrected chi connectivity index (χ1v) is 4.63. The maximum absolute atomic E-state index is 6.02. The zero-order valence-electron chi connectivity index (χ0n) is 6.55. The molecule has 0 radical (unpaired) electrons. The predicted octanol–water partition coefficient (Wildman–Crippen LogP) is 1.91. The van der Waals surface area contributed by atoms with E-state index >= 15 is 0 Å². The SMILES string of the molecule is NC1CCCC2CCCC12. The highest BCUT2D eigenvalue weighted by atomic mass is 14.7. The summed E-state index contributed by atoms with van der Waals surface area (Å²) in [6.07, 6.45) is 8.50. The van der Waals surface area contributed by atoms with Gasteiger partial charge in [0.1, 0.15) is 0 Å². The number of fused-ring (bicyclic) bond motifs is 1. The molecule has 0 aromatic rings. The van der Waals surface area contributed by atoms with E-state index in [1.807, 2.05) is 0 Å². The Morgan fingerprint density at radius 1 is 0.900 bits per heavy atom. The van der Waals surface area contributed by atoms with Crippen LogP contribution in [0.25, 0.3) is 0 Å². The first-order valence-electron chi connectivity index (χ1n) is 4.63. The molecule has 1 heteroatoms. The molecule has 2 fully saturated rings. The molecule has 2 rings (SSSR count). The molecule has 0 aliphatic heterocycles. The van der Waals surface area contributed by atoms with Crippen molar-refractivity contribution in [2.24, 2.45) is 17.6 Å². The first-order chi connectivity index (χ1) is 4.88. The van der Waals surface area contributed by atoms with Crippen molar-refractivity contribution in [1.29, 1.82) is 0 Å². The average molecular weight is 139 g/mol. The van der Waals surface area contributed by atoms with Crippen LogP contribution in [0.1, 0.15) is 38.5 Å². The summed E-state index contributed by atoms with van der Waals surface area (Å²) in [7, 11) is 0. The van der Waals surface area contributed by atoms with Crippen molar-refractivity contribution in [3.63, 3.8) is 0 Å². The third-order valence-corrected chi connectivity index (χ3v) is 3.38. The number of hydrogen-bond acceptors (Lipinski definition) is 1. The summed E-state index contributed by atoms with van der Waals surface area (Å²) in [6, 6.07) is 0.557. The van der Waals surface area contributed by atoms with Crippen LogP contribution in [0.5, 0.6) is 0 Å². The van der Waals surface area contributed by atoms with Crippen molar-refractivity contribution in [3.8, 4) is 0 Å². The predicted molar refractivity (Wildman–Crippen MR) is 42.7 cm³/mol. The van der Waals surface area contributed by atoms with Crippen LogP contribution in [0.4, 0.5) is 0 Å². The van der Waals surface area contributed by atoms with Gasteiger partial charge in [0.15, 0.2) is 0 Å². The second-order valence-electron chi connectivity index (χ2n) is 3.95. The molecular formula is C9H17N. The minimum Gasteiger partial charge on any atom is -0.327 e. The average Bonchev–Trinajstić information content (AvgIpc) is 2.36. The van der Waals surface area contributed by atoms with Gasteiger partial charge < -0.3 is 5.73 Å². The Kier molecular flexibility index (Phi) is 1.69. The molecule has 0 heterocycles. The normalized spacial score (nSPS) is 47.1. The molecule has 0 amide bonds. The molecule has 0 aromatic carbocycles. The zero-order chi connectivity index (χ0) is 6.97. The molecular weight excluding hydrogens is 122 g/mol. The highest BCUT2D eigenvalue weighted by molar-refractivity contribution is 4.88. The summed E-state index contributed by atoms with van der Waals surface area (Å²) < 4.78 is 0. The Balaban J connectivity index is 2.03. The van der Waals surface area contributed by atoms with E-state index in [1.165, 1.54) is 38.5 Å². The number of nitrogens with two attached hydrogens (primary N) is 1. The van der Waals surface area contributed by atoms with E-state index in [4.69, 9.17) is 5.73 Å². The highest BCUT2D eigenvalue weighted by Gasteiger charge is 2.34. The minimum atomic E-state index is 0.557. The van der Waals surface area contributed by atoms with Crippen LogP contribution in [-0.4, -0.2) is 6.04 Å². The maximum atomic E-state index is 6.02. The summed E-state index contributed by atoms with van der Waals surface area (Å²) >= 11 is 0. The van der Waals surface area contributed by atoms with Crippen LogP contribution in [-0.2, 0) is 0 Å². The summed E-state index contributed by atoms with van der Waals surface area (Å²) in [5.41, 5.74) is 6.02. The summed E-state index contributed by atoms with van der Waals surface area (Å²) in [6.45, 7) is 0. The monoisotopic (exact) mass is 139 g/mol. The lowest BCUT2D eigenvalue weighted by atomic mass is 9.78. The van der Waals surface area contributed by atoms with E-state index in [0.29, 0.717) is 6.04 Å². The molecule has 2 N–H and O–H groups in total. The van der Waals surface area contributed by atoms with Crippen molar-refractivity contribution in [1.82, 2.24) is 0 Å². The molecule has 3 unspecified atom stereocenters. The van der Waals surface area contributed by atoms with Gasteiger partial charge in [-0.15, -0.1) is 0 Å². The zero-order valence-corrected chi connectivity index (χ0v) is 6.55. The van der Waals surface area contributed by atoms with Crippen LogP contribution < -0.4 is 5.73 Å². The van der Waals surface area contributed by atoms with Crippen LogP contribution in [0.3, 0.4) is 0 Å². The molecule has 3 atom stereocenters. The summed E-state index contributed by atoms with van der Waals surface area (Å²) in [4.78, 5) is 0. The fraction of sp³-hybridized carbons (Fsp3) is 1.00. The molecule has 0 aromatic heterocycles. The van der Waals surface area contributed by atoms with Gasteiger partial charge in [-0.2, -0.15) is 0 Å². The standard InChI is InChI=1S/C9H17N/c10-9-6-2-4-7-3-1-5-8(7)9/h7-9H,1-6,10H2. The van der Waals surface area contributed by atoms with Crippen LogP contribution >= 0.6 is 0 Å². The van der Waals surface area contributed by atoms with E-state index < -0.39 is 0 Å². The quantitative estimate of drug-likeness (QED) is 0.545. The molecule has 58 valence electrons. The second kappa shape index (κ2) is 2.54. The van der Waals surface area contributed by atoms with Gasteiger partial charge in [0.05, 0.1) is 0 Å². The third-order valence-electron chi connectivity index (χ3n) is 3.38. The Hall–Kier alpha value is -0.0400. The highest BCUT2D eigenvalue weighted by Crippen LogP contribution is 2.41. The topological polar surface area (TPSA) is 26.0 Å². The fourth-order valence-corrected chi connectivity index (χ4v) is 2.82. The molecule has 1 nitrogen and oxygen atoms in total. The van der Waals surface area contributed by atoms with Crippen molar-refractivity contribution in [2.45, 2.75) is 44.6 Å². The van der Waals surface area contributed by atoms with Crippen LogP contribution in [0.2, 0.25) is 0 Å². The van der Waals surface area contributed by atoms with Gasteiger partial charge in [-0.05, 0) is 24.7 Å². The van der Waals surface area contributed by atoms with Crippen molar-refractivity contribution < 1.29 is 0 Å². The van der Waals surface area contributed by atoms with Gasteiger partial charge in [-0.25, -0.2) is 0 Å². The molecule has 2 aliphatic rings. The minimum absolute atomic E-state index is 0.557. The fourth-order valence-electron chi connectivity index (χ4n) is 2.82. The van der Waals surface area contributed by atoms with Crippen molar-refractivity contribution >= 4 is 0 Å². The lowest BCUT2D eigenvalue weighted by Crippen LogP contribution is -2.35. The van der Waals surface area contributed by atoms with Gasteiger partial charge in [-0.3, -0.25) is 0 Å². The molecule has 2 saturated carbocycles. The second-order valence-corrected chi connectivity index (χ2v) is 3.95. The Morgan fingerprint density at radius 3 is 2.30 bits per heavy atom. The van der Waals surface area contributed by atoms with Crippen LogP contribution in [0, 0.1) is 11.8 Å². The largest absolute Gasteiger partial charge is 0.327 e. The van der Waals surface area contributed by atoms with E-state index in [0.717, 1.165) is 11.8 Å². The first kappa shape index (κ1) is 6.66. The molecule has 0 saturated heterocycles. The lowest BCUT2D eigenvalue weighted by molar-refractivity contribution is 0.240. The summed E-state index contributed by atoms with van der Waals surface area (Å²) in [5, 5.41) is 0. The van der Waals surface area contributed by atoms with E-state index in [2.05, 4.69) is 0 Å². The van der Waals surface area contributed by atoms with Gasteiger partial charge in [0.2, 0.25) is 0 Å². The Morgan fingerprint density at radius 2 is 1.60 bits per heavy atom. The number of hydrogen-bond donors (Lipinski definition) is 1. The Bertz CT molecular complexity index is 122. The van der Waals surface area contributed by atoms with Crippen LogP contribution in [0.15, 0.2) is 0 Å². The van der Waals surface area contributed by atoms with Gasteiger partial charge >= 0.3 is 0 Å². The molecule has 0 bridgehead atoms. The lowest BCUT2D eigenvalue weighted by Gasteiger charge is -2.30. The molecule has 0 spiro atoms. The Labute approximate surface area is 63.0 Å². The van der Waals surface area contributed by atoms with Gasteiger partial charge in [-0.1, -0.05) is 25.7 Å². The van der Waals surface area contributed by atoms with E-state index in [9.17, 15) is 0 Å². The van der Waals surface area contributed by atoms with E-state index in [-0.39, 0.29) is 0 Å². The smallest absolute Gasteiger partial charge is 0.00698 e. The maximum Gasteiger partial charge on any atom is 0.00698 e.